The molecule has 0 amide bonds. The monoisotopic (exact) mass is 294 g/mol. The smallest absolute Gasteiger partial charge is 0.119 e. The van der Waals surface area contributed by atoms with E-state index in [2.05, 4.69) is 0 Å². The number of aliphatic hydroxyl groups is 1. The summed E-state index contributed by atoms with van der Waals surface area (Å²) >= 11 is 7.46. The minimum atomic E-state index is -0.510. The molecule has 2 rings (SSSR count). The fraction of sp³-hybridized carbons (Fsp3) is 0.200. The summed E-state index contributed by atoms with van der Waals surface area (Å²) in [5.41, 5.74) is 0. The standard InChI is InChI=1S/C15H15ClO2S/c16-12-5-4-8-15(9-12)19-11-13(17)10-18-14-6-2-1-3-7-14/h1-9,13,17H,10-11H2. The van der Waals surface area contributed by atoms with Gasteiger partial charge in [0.2, 0.25) is 0 Å². The summed E-state index contributed by atoms with van der Waals surface area (Å²) < 4.78 is 5.49. The molecule has 1 N–H and O–H groups in total. The van der Waals surface area contributed by atoms with Crippen LogP contribution < -0.4 is 4.74 Å². The lowest BCUT2D eigenvalue weighted by molar-refractivity contribution is 0.126. The first-order chi connectivity index (χ1) is 9.24. The van der Waals surface area contributed by atoms with Crippen LogP contribution >= 0.6 is 23.4 Å². The zero-order valence-corrected chi connectivity index (χ0v) is 11.9. The molecule has 0 aromatic heterocycles. The van der Waals surface area contributed by atoms with Gasteiger partial charge in [0.15, 0.2) is 0 Å². The Hall–Kier alpha value is -1.16. The number of para-hydroxylation sites is 1. The van der Waals surface area contributed by atoms with Crippen molar-refractivity contribution in [3.05, 3.63) is 59.6 Å². The van der Waals surface area contributed by atoms with E-state index in [1.165, 1.54) is 0 Å². The van der Waals surface area contributed by atoms with Crippen LogP contribution in [-0.2, 0) is 0 Å². The van der Waals surface area contributed by atoms with Crippen LogP contribution in [0.1, 0.15) is 0 Å². The highest BCUT2D eigenvalue weighted by Crippen LogP contribution is 2.22. The van der Waals surface area contributed by atoms with Crippen LogP contribution in [0.15, 0.2) is 59.5 Å². The van der Waals surface area contributed by atoms with Gasteiger partial charge in [0, 0.05) is 15.7 Å². The molecular weight excluding hydrogens is 280 g/mol. The van der Waals surface area contributed by atoms with Crippen LogP contribution in [0.2, 0.25) is 5.02 Å². The molecule has 0 aliphatic heterocycles. The lowest BCUT2D eigenvalue weighted by Crippen LogP contribution is -2.19. The van der Waals surface area contributed by atoms with Gasteiger partial charge in [-0.3, -0.25) is 0 Å². The zero-order chi connectivity index (χ0) is 13.5. The minimum absolute atomic E-state index is 0.289. The molecule has 0 saturated carbocycles. The van der Waals surface area contributed by atoms with Crippen LogP contribution in [0.4, 0.5) is 0 Å². The van der Waals surface area contributed by atoms with E-state index in [1.807, 2.05) is 54.6 Å². The molecule has 0 radical (unpaired) electrons. The highest BCUT2D eigenvalue weighted by molar-refractivity contribution is 7.99. The first-order valence-corrected chi connectivity index (χ1v) is 7.34. The lowest BCUT2D eigenvalue weighted by Gasteiger charge is -2.12. The van der Waals surface area contributed by atoms with Crippen LogP contribution in [0.5, 0.6) is 5.75 Å². The van der Waals surface area contributed by atoms with E-state index in [-0.39, 0.29) is 6.61 Å². The fourth-order valence-corrected chi connectivity index (χ4v) is 2.63. The van der Waals surface area contributed by atoms with Gasteiger partial charge in [-0.25, -0.2) is 0 Å². The number of ether oxygens (including phenoxy) is 1. The molecule has 100 valence electrons. The molecular formula is C15H15ClO2S. The Balaban J connectivity index is 1.74. The van der Waals surface area contributed by atoms with Gasteiger partial charge in [0.05, 0.1) is 6.10 Å². The average Bonchev–Trinajstić information content (AvgIpc) is 2.44. The van der Waals surface area contributed by atoms with E-state index < -0.39 is 6.10 Å². The summed E-state index contributed by atoms with van der Waals surface area (Å²) in [5, 5.41) is 10.6. The predicted octanol–water partition coefficient (Wildman–Crippen LogP) is 3.87. The molecule has 0 aliphatic rings. The molecule has 1 atom stereocenters. The Labute approximate surface area is 122 Å². The molecule has 0 bridgehead atoms. The number of hydrogen-bond donors (Lipinski definition) is 1. The van der Waals surface area contributed by atoms with Gasteiger partial charge in [-0.15, -0.1) is 11.8 Å². The van der Waals surface area contributed by atoms with E-state index in [1.54, 1.807) is 11.8 Å². The van der Waals surface area contributed by atoms with Gasteiger partial charge in [-0.1, -0.05) is 35.9 Å². The number of hydrogen-bond acceptors (Lipinski definition) is 3. The van der Waals surface area contributed by atoms with Crippen molar-refractivity contribution < 1.29 is 9.84 Å². The number of rotatable bonds is 6. The van der Waals surface area contributed by atoms with Crippen LogP contribution in [0.3, 0.4) is 0 Å². The van der Waals surface area contributed by atoms with Gasteiger partial charge < -0.3 is 9.84 Å². The number of benzene rings is 2. The van der Waals surface area contributed by atoms with E-state index >= 15 is 0 Å². The summed E-state index contributed by atoms with van der Waals surface area (Å²) in [6, 6.07) is 17.1. The first-order valence-electron chi connectivity index (χ1n) is 5.98. The Bertz CT molecular complexity index is 505. The summed E-state index contributed by atoms with van der Waals surface area (Å²) in [5.74, 6) is 1.35. The lowest BCUT2D eigenvalue weighted by atomic mass is 10.3. The van der Waals surface area contributed by atoms with Crippen molar-refractivity contribution in [1.82, 2.24) is 0 Å². The molecule has 0 spiro atoms. The van der Waals surface area contributed by atoms with Crippen molar-refractivity contribution in [1.29, 1.82) is 0 Å². The Morgan fingerprint density at radius 1 is 1.11 bits per heavy atom. The SMILES string of the molecule is OC(COc1ccccc1)CSc1cccc(Cl)c1. The largest absolute Gasteiger partial charge is 0.491 e. The van der Waals surface area contributed by atoms with Gasteiger partial charge in [0.1, 0.15) is 12.4 Å². The van der Waals surface area contributed by atoms with Crippen molar-refractivity contribution in [3.63, 3.8) is 0 Å². The summed E-state index contributed by atoms with van der Waals surface area (Å²) in [6.45, 7) is 0.289. The van der Waals surface area contributed by atoms with Crippen molar-refractivity contribution in [2.24, 2.45) is 0 Å². The number of halogens is 1. The first kappa shape index (κ1) is 14.3. The maximum Gasteiger partial charge on any atom is 0.119 e. The van der Waals surface area contributed by atoms with Crippen molar-refractivity contribution in [2.45, 2.75) is 11.0 Å². The third-order valence-electron chi connectivity index (χ3n) is 2.42. The topological polar surface area (TPSA) is 29.5 Å². The maximum atomic E-state index is 9.86. The third-order valence-corrected chi connectivity index (χ3v) is 3.80. The second-order valence-electron chi connectivity index (χ2n) is 4.05. The minimum Gasteiger partial charge on any atom is -0.491 e. The Kier molecular flexibility index (Phi) is 5.58. The van der Waals surface area contributed by atoms with Gasteiger partial charge in [-0.2, -0.15) is 0 Å². The zero-order valence-electron chi connectivity index (χ0n) is 10.3. The summed E-state index contributed by atoms with van der Waals surface area (Å²) in [7, 11) is 0. The quantitative estimate of drug-likeness (QED) is 0.820. The van der Waals surface area contributed by atoms with E-state index in [0.29, 0.717) is 10.8 Å². The van der Waals surface area contributed by atoms with Crippen LogP contribution in [-0.4, -0.2) is 23.6 Å². The molecule has 1 unspecified atom stereocenters. The van der Waals surface area contributed by atoms with E-state index in [4.69, 9.17) is 16.3 Å². The van der Waals surface area contributed by atoms with Gasteiger partial charge in [0.25, 0.3) is 0 Å². The van der Waals surface area contributed by atoms with E-state index in [0.717, 1.165) is 10.6 Å². The predicted molar refractivity (Wildman–Crippen MR) is 80.1 cm³/mol. The van der Waals surface area contributed by atoms with Gasteiger partial charge >= 0.3 is 0 Å². The molecule has 2 nitrogen and oxygen atoms in total. The highest BCUT2D eigenvalue weighted by Gasteiger charge is 2.06. The molecule has 0 saturated heterocycles. The Morgan fingerprint density at radius 3 is 2.63 bits per heavy atom. The van der Waals surface area contributed by atoms with Crippen molar-refractivity contribution in [3.8, 4) is 5.75 Å². The normalized spacial score (nSPS) is 12.1. The third kappa shape index (κ3) is 5.15. The highest BCUT2D eigenvalue weighted by atomic mass is 35.5. The average molecular weight is 295 g/mol. The van der Waals surface area contributed by atoms with Crippen LogP contribution in [0.25, 0.3) is 0 Å². The number of aliphatic hydroxyl groups excluding tert-OH is 1. The second kappa shape index (κ2) is 7.43. The second-order valence-corrected chi connectivity index (χ2v) is 5.58. The molecule has 19 heavy (non-hydrogen) atoms. The molecule has 4 heteroatoms. The number of thioether (sulfide) groups is 1. The Morgan fingerprint density at radius 2 is 1.89 bits per heavy atom. The van der Waals surface area contributed by atoms with Crippen LogP contribution in [0, 0.1) is 0 Å². The van der Waals surface area contributed by atoms with Crippen molar-refractivity contribution >= 4 is 23.4 Å². The van der Waals surface area contributed by atoms with Gasteiger partial charge in [-0.05, 0) is 30.3 Å². The molecule has 2 aromatic carbocycles. The maximum absolute atomic E-state index is 9.86. The molecule has 2 aromatic rings. The molecule has 0 fully saturated rings. The van der Waals surface area contributed by atoms with E-state index in [9.17, 15) is 5.11 Å². The van der Waals surface area contributed by atoms with Crippen molar-refractivity contribution in [2.75, 3.05) is 12.4 Å². The molecule has 0 aliphatic carbocycles. The summed E-state index contributed by atoms with van der Waals surface area (Å²) in [4.78, 5) is 1.05. The summed E-state index contributed by atoms with van der Waals surface area (Å²) in [6.07, 6.45) is -0.510. The fourth-order valence-electron chi connectivity index (χ4n) is 1.51. The molecule has 0 heterocycles.